The van der Waals surface area contributed by atoms with E-state index in [9.17, 15) is 9.59 Å². The van der Waals surface area contributed by atoms with Gasteiger partial charge in [0.2, 0.25) is 5.91 Å². The molecule has 0 spiro atoms. The van der Waals surface area contributed by atoms with E-state index in [0.29, 0.717) is 35.8 Å². The molecule has 1 heterocycles. The Morgan fingerprint density at radius 1 is 1.29 bits per heavy atom. The summed E-state index contributed by atoms with van der Waals surface area (Å²) >= 11 is 6.20. The van der Waals surface area contributed by atoms with Gasteiger partial charge in [-0.05, 0) is 36.5 Å². The number of nitrogens with two attached hydrogens (primary N) is 1. The first kappa shape index (κ1) is 18.7. The Hall–Kier alpha value is -1.59. The molecule has 1 aliphatic rings. The van der Waals surface area contributed by atoms with Crippen LogP contribution >= 0.6 is 11.6 Å². The first-order valence-electron chi connectivity index (χ1n) is 8.30. The molecule has 5 nitrogen and oxygen atoms in total. The highest BCUT2D eigenvalue weighted by molar-refractivity contribution is 6.34. The SMILES string of the molecule is CC(C)(C)CC(=O)Nc1ccc(Cl)c(C(=O)N2CCC(N)CC2)c1. The van der Waals surface area contributed by atoms with E-state index < -0.39 is 0 Å². The molecular weight excluding hydrogens is 326 g/mol. The average molecular weight is 352 g/mol. The topological polar surface area (TPSA) is 75.4 Å². The summed E-state index contributed by atoms with van der Waals surface area (Å²) in [6.07, 6.45) is 2.00. The molecule has 1 aromatic carbocycles. The van der Waals surface area contributed by atoms with E-state index in [1.54, 1.807) is 23.1 Å². The van der Waals surface area contributed by atoms with Crippen molar-refractivity contribution in [2.24, 2.45) is 11.1 Å². The van der Waals surface area contributed by atoms with Crippen LogP contribution in [0.1, 0.15) is 50.4 Å². The number of nitrogens with zero attached hydrogens (tertiary/aromatic N) is 1. The van der Waals surface area contributed by atoms with E-state index in [0.717, 1.165) is 12.8 Å². The Kier molecular flexibility index (Phi) is 5.88. The molecule has 132 valence electrons. The number of carbonyl (C=O) groups excluding carboxylic acids is 2. The van der Waals surface area contributed by atoms with Crippen molar-refractivity contribution in [1.82, 2.24) is 4.90 Å². The summed E-state index contributed by atoms with van der Waals surface area (Å²) in [4.78, 5) is 26.5. The molecular formula is C18H26ClN3O2. The Labute approximate surface area is 148 Å². The summed E-state index contributed by atoms with van der Waals surface area (Å²) in [5, 5.41) is 3.23. The average Bonchev–Trinajstić information content (AvgIpc) is 2.47. The van der Waals surface area contributed by atoms with Crippen molar-refractivity contribution in [1.29, 1.82) is 0 Å². The minimum atomic E-state index is -0.112. The lowest BCUT2D eigenvalue weighted by atomic mass is 9.92. The highest BCUT2D eigenvalue weighted by Crippen LogP contribution is 2.25. The first-order chi connectivity index (χ1) is 11.2. The lowest BCUT2D eigenvalue weighted by Gasteiger charge is -2.30. The molecule has 6 heteroatoms. The predicted octanol–water partition coefficient (Wildman–Crippen LogP) is 3.28. The number of piperidine rings is 1. The van der Waals surface area contributed by atoms with Crippen molar-refractivity contribution in [2.75, 3.05) is 18.4 Å². The number of amides is 2. The van der Waals surface area contributed by atoms with Crippen LogP contribution in [0.25, 0.3) is 0 Å². The Bertz CT molecular complexity index is 617. The van der Waals surface area contributed by atoms with Crippen molar-refractivity contribution in [3.63, 3.8) is 0 Å². The lowest BCUT2D eigenvalue weighted by molar-refractivity contribution is -0.117. The van der Waals surface area contributed by atoms with Crippen LogP contribution < -0.4 is 11.1 Å². The number of hydrogen-bond acceptors (Lipinski definition) is 3. The maximum atomic E-state index is 12.7. The number of anilines is 1. The highest BCUT2D eigenvalue weighted by atomic mass is 35.5. The molecule has 0 saturated carbocycles. The normalized spacial score (nSPS) is 16.1. The predicted molar refractivity (Wildman–Crippen MR) is 97.3 cm³/mol. The Balaban J connectivity index is 2.10. The van der Waals surface area contributed by atoms with E-state index >= 15 is 0 Å². The zero-order valence-electron chi connectivity index (χ0n) is 14.6. The standard InChI is InChI=1S/C18H26ClN3O2/c1-18(2,3)11-16(23)21-13-4-5-15(19)14(10-13)17(24)22-8-6-12(20)7-9-22/h4-5,10,12H,6-9,11,20H2,1-3H3,(H,21,23). The van der Waals surface area contributed by atoms with Gasteiger partial charge in [-0.25, -0.2) is 0 Å². The van der Waals surface area contributed by atoms with E-state index in [4.69, 9.17) is 17.3 Å². The fraction of sp³-hybridized carbons (Fsp3) is 0.556. The zero-order valence-corrected chi connectivity index (χ0v) is 15.3. The van der Waals surface area contributed by atoms with Gasteiger partial charge in [0, 0.05) is 31.2 Å². The molecule has 1 saturated heterocycles. The van der Waals surface area contributed by atoms with Gasteiger partial charge in [-0.2, -0.15) is 0 Å². The maximum absolute atomic E-state index is 12.7. The molecule has 3 N–H and O–H groups in total. The zero-order chi connectivity index (χ0) is 17.9. The van der Waals surface area contributed by atoms with E-state index in [1.807, 2.05) is 20.8 Å². The smallest absolute Gasteiger partial charge is 0.255 e. The van der Waals surface area contributed by atoms with Gasteiger partial charge in [-0.15, -0.1) is 0 Å². The molecule has 2 amide bonds. The number of likely N-dealkylation sites (tertiary alicyclic amines) is 1. The number of hydrogen-bond donors (Lipinski definition) is 2. The number of halogens is 1. The van der Waals surface area contributed by atoms with Gasteiger partial charge in [0.25, 0.3) is 5.91 Å². The second-order valence-electron chi connectivity index (χ2n) is 7.61. The molecule has 24 heavy (non-hydrogen) atoms. The molecule has 0 bridgehead atoms. The molecule has 1 fully saturated rings. The maximum Gasteiger partial charge on any atom is 0.255 e. The van der Waals surface area contributed by atoms with Gasteiger partial charge >= 0.3 is 0 Å². The van der Waals surface area contributed by atoms with Crippen molar-refractivity contribution >= 4 is 29.1 Å². The monoisotopic (exact) mass is 351 g/mol. The summed E-state index contributed by atoms with van der Waals surface area (Å²) in [5.74, 6) is -0.189. The van der Waals surface area contributed by atoms with Crippen LogP contribution in [-0.2, 0) is 4.79 Å². The van der Waals surface area contributed by atoms with Crippen LogP contribution in [-0.4, -0.2) is 35.8 Å². The van der Waals surface area contributed by atoms with Gasteiger partial charge in [0.05, 0.1) is 10.6 Å². The quantitative estimate of drug-likeness (QED) is 0.877. The molecule has 0 aromatic heterocycles. The van der Waals surface area contributed by atoms with E-state index in [1.165, 1.54) is 0 Å². The second-order valence-corrected chi connectivity index (χ2v) is 8.02. The Morgan fingerprint density at radius 2 is 1.92 bits per heavy atom. The fourth-order valence-corrected chi connectivity index (χ4v) is 2.93. The second kappa shape index (κ2) is 7.53. The first-order valence-corrected chi connectivity index (χ1v) is 8.68. The number of rotatable bonds is 3. The molecule has 0 atom stereocenters. The minimum absolute atomic E-state index is 0.0767. The van der Waals surface area contributed by atoms with Gasteiger partial charge in [0.15, 0.2) is 0 Å². The van der Waals surface area contributed by atoms with Crippen LogP contribution in [0, 0.1) is 5.41 Å². The summed E-state index contributed by atoms with van der Waals surface area (Å²) in [7, 11) is 0. The minimum Gasteiger partial charge on any atom is -0.338 e. The van der Waals surface area contributed by atoms with Crippen molar-refractivity contribution in [2.45, 2.75) is 46.1 Å². The third-order valence-electron chi connectivity index (χ3n) is 4.00. The summed E-state index contributed by atoms with van der Waals surface area (Å²) in [6, 6.07) is 5.18. The van der Waals surface area contributed by atoms with Gasteiger partial charge in [0.1, 0.15) is 0 Å². The number of benzene rings is 1. The largest absolute Gasteiger partial charge is 0.338 e. The van der Waals surface area contributed by atoms with Crippen LogP contribution in [0.15, 0.2) is 18.2 Å². The molecule has 2 rings (SSSR count). The molecule has 1 aromatic rings. The van der Waals surface area contributed by atoms with Crippen molar-refractivity contribution < 1.29 is 9.59 Å². The third-order valence-corrected chi connectivity index (χ3v) is 4.33. The number of carbonyl (C=O) groups is 2. The molecule has 0 aliphatic carbocycles. The van der Waals surface area contributed by atoms with E-state index in [2.05, 4.69) is 5.32 Å². The Morgan fingerprint density at radius 3 is 2.50 bits per heavy atom. The van der Waals surface area contributed by atoms with Crippen molar-refractivity contribution in [3.8, 4) is 0 Å². The summed E-state index contributed by atoms with van der Waals surface area (Å²) < 4.78 is 0. The third kappa shape index (κ3) is 5.21. The fourth-order valence-electron chi connectivity index (χ4n) is 2.73. The highest BCUT2D eigenvalue weighted by Gasteiger charge is 2.24. The van der Waals surface area contributed by atoms with Gasteiger partial charge < -0.3 is 16.0 Å². The molecule has 0 radical (unpaired) electrons. The van der Waals surface area contributed by atoms with Crippen LogP contribution in [0.3, 0.4) is 0 Å². The van der Waals surface area contributed by atoms with Crippen LogP contribution in [0.2, 0.25) is 5.02 Å². The number of nitrogens with one attached hydrogen (secondary N) is 1. The molecule has 1 aliphatic heterocycles. The van der Waals surface area contributed by atoms with Crippen LogP contribution in [0.4, 0.5) is 5.69 Å². The van der Waals surface area contributed by atoms with Gasteiger partial charge in [-0.1, -0.05) is 32.4 Å². The van der Waals surface area contributed by atoms with E-state index in [-0.39, 0.29) is 23.3 Å². The van der Waals surface area contributed by atoms with Gasteiger partial charge in [-0.3, -0.25) is 9.59 Å². The van der Waals surface area contributed by atoms with Crippen LogP contribution in [0.5, 0.6) is 0 Å². The van der Waals surface area contributed by atoms with Crippen molar-refractivity contribution in [3.05, 3.63) is 28.8 Å². The molecule has 0 unspecified atom stereocenters. The summed E-state index contributed by atoms with van der Waals surface area (Å²) in [5.41, 5.74) is 6.79. The lowest BCUT2D eigenvalue weighted by Crippen LogP contribution is -2.42. The summed E-state index contributed by atoms with van der Waals surface area (Å²) in [6.45, 7) is 7.28.